The molecule has 1 aliphatic carbocycles. The zero-order valence-electron chi connectivity index (χ0n) is 9.26. The Kier molecular flexibility index (Phi) is 2.26. The van der Waals surface area contributed by atoms with Crippen LogP contribution < -0.4 is 0 Å². The van der Waals surface area contributed by atoms with Crippen LogP contribution in [0.15, 0.2) is 36.4 Å². The van der Waals surface area contributed by atoms with E-state index in [1.54, 1.807) is 0 Å². The molecule has 0 amide bonds. The summed E-state index contributed by atoms with van der Waals surface area (Å²) in [5, 5.41) is 0.969. The highest BCUT2D eigenvalue weighted by Crippen LogP contribution is 2.41. The Morgan fingerprint density at radius 2 is 1.88 bits per heavy atom. The Hall–Kier alpha value is -1.27. The van der Waals surface area contributed by atoms with Crippen LogP contribution in [0.25, 0.3) is 11.1 Å². The summed E-state index contributed by atoms with van der Waals surface area (Å²) in [6.45, 7) is 2.15. The lowest BCUT2D eigenvalue weighted by Crippen LogP contribution is -1.89. The fourth-order valence-electron chi connectivity index (χ4n) is 2.50. The van der Waals surface area contributed by atoms with Crippen LogP contribution in [0.5, 0.6) is 0 Å². The van der Waals surface area contributed by atoms with Crippen molar-refractivity contribution >= 4 is 11.6 Å². The summed E-state index contributed by atoms with van der Waals surface area (Å²) in [6, 6.07) is 12.9. The van der Waals surface area contributed by atoms with Crippen molar-refractivity contribution < 1.29 is 0 Å². The first kappa shape index (κ1) is 9.92. The van der Waals surface area contributed by atoms with Crippen molar-refractivity contribution in [2.24, 2.45) is 0 Å². The Morgan fingerprint density at radius 3 is 2.69 bits per heavy atom. The van der Waals surface area contributed by atoms with E-state index >= 15 is 0 Å². The van der Waals surface area contributed by atoms with E-state index in [9.17, 15) is 0 Å². The van der Waals surface area contributed by atoms with Crippen LogP contribution in [0, 0.1) is 0 Å². The van der Waals surface area contributed by atoms with Gasteiger partial charge < -0.3 is 0 Å². The molecule has 0 unspecified atom stereocenters. The van der Waals surface area contributed by atoms with Crippen molar-refractivity contribution in [3.8, 4) is 11.1 Å². The summed E-state index contributed by atoms with van der Waals surface area (Å²) in [6.07, 6.45) is 1.99. The number of halogens is 1. The highest BCUT2D eigenvalue weighted by atomic mass is 35.5. The highest BCUT2D eigenvalue weighted by Gasteiger charge is 2.21. The molecule has 1 aliphatic rings. The molecule has 0 saturated heterocycles. The van der Waals surface area contributed by atoms with E-state index in [4.69, 9.17) is 11.6 Å². The van der Waals surface area contributed by atoms with Crippen LogP contribution in [0.4, 0.5) is 0 Å². The van der Waals surface area contributed by atoms with Crippen molar-refractivity contribution in [3.63, 3.8) is 0 Å². The largest absolute Gasteiger partial charge is 0.0837 e. The van der Waals surface area contributed by atoms with Gasteiger partial charge in [0.15, 0.2) is 0 Å². The van der Waals surface area contributed by atoms with E-state index in [0.717, 1.165) is 17.9 Å². The SMILES string of the molecule is CCc1ccc2c(c1Cl)Cc1ccccc1-2. The first-order valence-corrected chi connectivity index (χ1v) is 6.07. The molecule has 80 valence electrons. The maximum Gasteiger partial charge on any atom is 0.0479 e. The van der Waals surface area contributed by atoms with Gasteiger partial charge in [0.1, 0.15) is 0 Å². The fraction of sp³-hybridized carbons (Fsp3) is 0.200. The van der Waals surface area contributed by atoms with E-state index in [0.29, 0.717) is 0 Å². The van der Waals surface area contributed by atoms with Gasteiger partial charge in [-0.25, -0.2) is 0 Å². The molecular formula is C15H13Cl. The number of rotatable bonds is 1. The summed E-state index contributed by atoms with van der Waals surface area (Å²) in [5.41, 5.74) is 6.63. The van der Waals surface area contributed by atoms with Gasteiger partial charge in [0, 0.05) is 11.4 Å². The van der Waals surface area contributed by atoms with Crippen LogP contribution in [0.3, 0.4) is 0 Å². The smallest absolute Gasteiger partial charge is 0.0479 e. The zero-order chi connectivity index (χ0) is 11.1. The predicted octanol–water partition coefficient (Wildman–Crippen LogP) is 4.47. The first-order valence-electron chi connectivity index (χ1n) is 5.69. The van der Waals surface area contributed by atoms with Gasteiger partial charge in [0.05, 0.1) is 0 Å². The van der Waals surface area contributed by atoms with Crippen LogP contribution in [0.1, 0.15) is 23.6 Å². The first-order chi connectivity index (χ1) is 7.81. The van der Waals surface area contributed by atoms with Gasteiger partial charge in [-0.3, -0.25) is 0 Å². The third kappa shape index (κ3) is 1.30. The second kappa shape index (κ2) is 3.64. The lowest BCUT2D eigenvalue weighted by molar-refractivity contribution is 1.12. The summed E-state index contributed by atoms with van der Waals surface area (Å²) in [4.78, 5) is 0. The number of hydrogen-bond acceptors (Lipinski definition) is 0. The molecule has 0 aliphatic heterocycles. The van der Waals surface area contributed by atoms with Crippen LogP contribution in [-0.4, -0.2) is 0 Å². The lowest BCUT2D eigenvalue weighted by atomic mass is 10.0. The van der Waals surface area contributed by atoms with Gasteiger partial charge in [-0.05, 0) is 34.2 Å². The molecule has 0 N–H and O–H groups in total. The molecular weight excluding hydrogens is 216 g/mol. The van der Waals surface area contributed by atoms with Crippen molar-refractivity contribution in [3.05, 3.63) is 58.1 Å². The van der Waals surface area contributed by atoms with E-state index in [2.05, 4.69) is 43.3 Å². The van der Waals surface area contributed by atoms with Crippen molar-refractivity contribution in [1.82, 2.24) is 0 Å². The molecule has 0 nitrogen and oxygen atoms in total. The second-order valence-electron chi connectivity index (χ2n) is 4.25. The van der Waals surface area contributed by atoms with Crippen LogP contribution >= 0.6 is 11.6 Å². The molecule has 16 heavy (non-hydrogen) atoms. The summed E-state index contributed by atoms with van der Waals surface area (Å²) in [7, 11) is 0. The fourth-order valence-corrected chi connectivity index (χ4v) is 2.86. The average Bonchev–Trinajstić information content (AvgIpc) is 2.69. The number of hydrogen-bond donors (Lipinski definition) is 0. The second-order valence-corrected chi connectivity index (χ2v) is 4.63. The Bertz CT molecular complexity index is 555. The maximum atomic E-state index is 6.44. The van der Waals surface area contributed by atoms with E-state index in [-0.39, 0.29) is 0 Å². The summed E-state index contributed by atoms with van der Waals surface area (Å²) in [5.74, 6) is 0. The minimum atomic E-state index is 0.969. The van der Waals surface area contributed by atoms with Crippen LogP contribution in [0.2, 0.25) is 5.02 Å². The van der Waals surface area contributed by atoms with Gasteiger partial charge in [-0.2, -0.15) is 0 Å². The molecule has 0 atom stereocenters. The zero-order valence-corrected chi connectivity index (χ0v) is 10.0. The van der Waals surface area contributed by atoms with Crippen molar-refractivity contribution in [1.29, 1.82) is 0 Å². The number of fused-ring (bicyclic) bond motifs is 3. The minimum absolute atomic E-state index is 0.969. The molecule has 0 aromatic heterocycles. The minimum Gasteiger partial charge on any atom is -0.0837 e. The molecule has 2 aromatic rings. The van der Waals surface area contributed by atoms with Crippen molar-refractivity contribution in [2.75, 3.05) is 0 Å². The molecule has 0 radical (unpaired) electrons. The summed E-state index contributed by atoms with van der Waals surface area (Å²) < 4.78 is 0. The van der Waals surface area contributed by atoms with E-state index < -0.39 is 0 Å². The molecule has 0 bridgehead atoms. The standard InChI is InChI=1S/C15H13Cl/c1-2-10-7-8-13-12-6-4-3-5-11(12)9-14(13)15(10)16/h3-8H,2,9H2,1H3. The Balaban J connectivity index is 2.24. The third-order valence-corrected chi connectivity index (χ3v) is 3.85. The average molecular weight is 229 g/mol. The van der Waals surface area contributed by atoms with Gasteiger partial charge in [0.25, 0.3) is 0 Å². The molecule has 1 heteroatoms. The Morgan fingerprint density at radius 1 is 1.06 bits per heavy atom. The van der Waals surface area contributed by atoms with Gasteiger partial charge >= 0.3 is 0 Å². The maximum absolute atomic E-state index is 6.44. The molecule has 0 fully saturated rings. The van der Waals surface area contributed by atoms with Gasteiger partial charge in [0.2, 0.25) is 0 Å². The van der Waals surface area contributed by atoms with Gasteiger partial charge in [-0.15, -0.1) is 0 Å². The molecule has 0 heterocycles. The quantitative estimate of drug-likeness (QED) is 0.576. The van der Waals surface area contributed by atoms with E-state index in [1.807, 2.05) is 0 Å². The molecule has 2 aromatic carbocycles. The molecule has 0 spiro atoms. The van der Waals surface area contributed by atoms with Gasteiger partial charge in [-0.1, -0.05) is 54.9 Å². The molecule has 3 rings (SSSR count). The van der Waals surface area contributed by atoms with Crippen molar-refractivity contribution in [2.45, 2.75) is 19.8 Å². The third-order valence-electron chi connectivity index (χ3n) is 3.38. The number of benzene rings is 2. The van der Waals surface area contributed by atoms with Crippen LogP contribution in [-0.2, 0) is 12.8 Å². The molecule has 0 saturated carbocycles. The predicted molar refractivity (Wildman–Crippen MR) is 69.1 cm³/mol. The monoisotopic (exact) mass is 228 g/mol. The highest BCUT2D eigenvalue weighted by molar-refractivity contribution is 6.32. The lowest BCUT2D eigenvalue weighted by Gasteiger charge is -2.07. The van der Waals surface area contributed by atoms with E-state index in [1.165, 1.54) is 27.8 Å². The Labute approximate surface area is 101 Å². The topological polar surface area (TPSA) is 0 Å². The normalized spacial score (nSPS) is 12.4. The summed E-state index contributed by atoms with van der Waals surface area (Å²) >= 11 is 6.44. The number of aryl methyl sites for hydroxylation is 1.